The quantitative estimate of drug-likeness (QED) is 0.694. The zero-order valence-electron chi connectivity index (χ0n) is 6.96. The van der Waals surface area contributed by atoms with Crippen molar-refractivity contribution >= 4 is 0 Å². The second kappa shape index (κ2) is 3.06. The van der Waals surface area contributed by atoms with Crippen LogP contribution in [-0.2, 0) is 0 Å². The molecule has 0 heterocycles. The van der Waals surface area contributed by atoms with Gasteiger partial charge < -0.3 is 4.74 Å². The van der Waals surface area contributed by atoms with Gasteiger partial charge in [-0.25, -0.2) is 4.39 Å². The zero-order chi connectivity index (χ0) is 9.26. The van der Waals surface area contributed by atoms with Crippen LogP contribution in [-0.4, -0.2) is 6.10 Å². The summed E-state index contributed by atoms with van der Waals surface area (Å²) in [5.41, 5.74) is 0.270. The predicted octanol–water partition coefficient (Wildman–Crippen LogP) is 2.24. The minimum Gasteiger partial charge on any atom is -0.486 e. The highest BCUT2D eigenvalue weighted by Gasteiger charge is 2.26. The Bertz CT molecular complexity index is 366. The molecule has 0 bridgehead atoms. The molecular weight excluding hydrogens is 169 g/mol. The second-order valence-corrected chi connectivity index (χ2v) is 3.05. The topological polar surface area (TPSA) is 33.0 Å². The molecular formula is C10H8FNO. The van der Waals surface area contributed by atoms with E-state index in [9.17, 15) is 4.39 Å². The molecule has 0 aliphatic heterocycles. The molecule has 0 N–H and O–H groups in total. The average Bonchev–Trinajstić information content (AvgIpc) is 2.92. The molecule has 66 valence electrons. The molecule has 0 saturated heterocycles. The first-order chi connectivity index (χ1) is 6.31. The number of para-hydroxylation sites is 1. The van der Waals surface area contributed by atoms with Crippen molar-refractivity contribution < 1.29 is 9.13 Å². The third kappa shape index (κ3) is 1.62. The molecule has 1 saturated carbocycles. The molecule has 0 unspecified atom stereocenters. The minimum atomic E-state index is -0.453. The Morgan fingerprint density at radius 2 is 2.23 bits per heavy atom. The van der Waals surface area contributed by atoms with Crippen LogP contribution in [0.3, 0.4) is 0 Å². The van der Waals surface area contributed by atoms with Gasteiger partial charge >= 0.3 is 0 Å². The van der Waals surface area contributed by atoms with Crippen molar-refractivity contribution in [2.75, 3.05) is 0 Å². The molecule has 1 fully saturated rings. The molecule has 1 aliphatic carbocycles. The van der Waals surface area contributed by atoms with Gasteiger partial charge in [-0.3, -0.25) is 0 Å². The Labute approximate surface area is 75.6 Å². The first-order valence-corrected chi connectivity index (χ1v) is 4.16. The fourth-order valence-corrected chi connectivity index (χ4v) is 1.07. The average molecular weight is 177 g/mol. The van der Waals surface area contributed by atoms with Crippen molar-refractivity contribution in [3.05, 3.63) is 29.6 Å². The first-order valence-electron chi connectivity index (χ1n) is 4.16. The van der Waals surface area contributed by atoms with Crippen LogP contribution >= 0.6 is 0 Å². The number of nitrogens with zero attached hydrogens (tertiary/aromatic N) is 1. The Morgan fingerprint density at radius 3 is 2.85 bits per heavy atom. The van der Waals surface area contributed by atoms with Crippen molar-refractivity contribution in [3.63, 3.8) is 0 Å². The van der Waals surface area contributed by atoms with Crippen LogP contribution in [0.15, 0.2) is 18.2 Å². The summed E-state index contributed by atoms with van der Waals surface area (Å²) in [5, 5.41) is 8.68. The maximum absolute atomic E-state index is 13.1. The minimum absolute atomic E-state index is 0.104. The summed E-state index contributed by atoms with van der Waals surface area (Å²) in [6, 6.07) is 6.27. The van der Waals surface area contributed by atoms with Gasteiger partial charge in [-0.15, -0.1) is 0 Å². The first kappa shape index (κ1) is 8.06. The molecule has 0 radical (unpaired) electrons. The lowest BCUT2D eigenvalue weighted by Gasteiger charge is -2.06. The highest BCUT2D eigenvalue weighted by atomic mass is 19.1. The van der Waals surface area contributed by atoms with Gasteiger partial charge in [-0.05, 0) is 25.0 Å². The molecule has 3 heteroatoms. The fourth-order valence-electron chi connectivity index (χ4n) is 1.07. The van der Waals surface area contributed by atoms with Crippen LogP contribution in [0.2, 0.25) is 0 Å². The third-order valence-electron chi connectivity index (χ3n) is 1.90. The lowest BCUT2D eigenvalue weighted by atomic mass is 10.2. The van der Waals surface area contributed by atoms with E-state index in [0.717, 1.165) is 12.8 Å². The van der Waals surface area contributed by atoms with E-state index in [2.05, 4.69) is 0 Å². The number of halogens is 1. The van der Waals surface area contributed by atoms with Crippen molar-refractivity contribution in [3.8, 4) is 11.8 Å². The van der Waals surface area contributed by atoms with E-state index >= 15 is 0 Å². The summed E-state index contributed by atoms with van der Waals surface area (Å²) in [6.07, 6.45) is 2.03. The number of hydrogen-bond acceptors (Lipinski definition) is 2. The normalized spacial score (nSPS) is 15.1. The Hall–Kier alpha value is -1.56. The Morgan fingerprint density at radius 1 is 1.46 bits per heavy atom. The molecule has 0 amide bonds. The molecule has 0 spiro atoms. The van der Waals surface area contributed by atoms with Crippen LogP contribution in [0.4, 0.5) is 4.39 Å². The van der Waals surface area contributed by atoms with Gasteiger partial charge in [-0.1, -0.05) is 6.07 Å². The van der Waals surface area contributed by atoms with E-state index in [1.807, 2.05) is 6.07 Å². The lowest BCUT2D eigenvalue weighted by molar-refractivity contribution is 0.286. The molecule has 2 nitrogen and oxygen atoms in total. The number of benzene rings is 1. The van der Waals surface area contributed by atoms with E-state index in [1.165, 1.54) is 12.1 Å². The molecule has 0 atom stereocenters. The summed E-state index contributed by atoms with van der Waals surface area (Å²) >= 11 is 0. The Balaban J connectivity index is 2.34. The summed E-state index contributed by atoms with van der Waals surface area (Å²) in [4.78, 5) is 0. The third-order valence-corrected chi connectivity index (χ3v) is 1.90. The van der Waals surface area contributed by atoms with E-state index < -0.39 is 5.82 Å². The molecule has 13 heavy (non-hydrogen) atoms. The monoisotopic (exact) mass is 177 g/mol. The van der Waals surface area contributed by atoms with E-state index in [1.54, 1.807) is 6.07 Å². The molecule has 1 aliphatic rings. The van der Waals surface area contributed by atoms with Gasteiger partial charge in [0.15, 0.2) is 11.6 Å². The van der Waals surface area contributed by atoms with Crippen LogP contribution < -0.4 is 4.74 Å². The second-order valence-electron chi connectivity index (χ2n) is 3.05. The molecule has 1 aromatic rings. The molecule has 0 aromatic heterocycles. The van der Waals surface area contributed by atoms with Gasteiger partial charge in [-0.2, -0.15) is 5.26 Å². The summed E-state index contributed by atoms with van der Waals surface area (Å²) in [5.74, 6) is -0.349. The summed E-state index contributed by atoms with van der Waals surface area (Å²) in [6.45, 7) is 0. The number of hydrogen-bond donors (Lipinski definition) is 0. The van der Waals surface area contributed by atoms with Crippen molar-refractivity contribution in [1.82, 2.24) is 0 Å². The molecule has 2 rings (SSSR count). The predicted molar refractivity (Wildman–Crippen MR) is 44.8 cm³/mol. The SMILES string of the molecule is N#Cc1cccc(F)c1OC1CC1. The smallest absolute Gasteiger partial charge is 0.173 e. The van der Waals surface area contributed by atoms with Gasteiger partial charge in [0.1, 0.15) is 6.07 Å². The van der Waals surface area contributed by atoms with Crippen LogP contribution in [0.1, 0.15) is 18.4 Å². The summed E-state index contributed by atoms with van der Waals surface area (Å²) < 4.78 is 18.4. The Kier molecular flexibility index (Phi) is 1.90. The highest BCUT2D eigenvalue weighted by Crippen LogP contribution is 2.30. The number of nitriles is 1. The molecule has 1 aromatic carbocycles. The number of ether oxygens (including phenoxy) is 1. The van der Waals surface area contributed by atoms with Crippen LogP contribution in [0.5, 0.6) is 5.75 Å². The van der Waals surface area contributed by atoms with Gasteiger partial charge in [0.2, 0.25) is 0 Å². The summed E-state index contributed by atoms with van der Waals surface area (Å²) in [7, 11) is 0. The van der Waals surface area contributed by atoms with Crippen molar-refractivity contribution in [1.29, 1.82) is 5.26 Å². The maximum atomic E-state index is 13.1. The largest absolute Gasteiger partial charge is 0.486 e. The van der Waals surface area contributed by atoms with Gasteiger partial charge in [0, 0.05) is 0 Å². The van der Waals surface area contributed by atoms with E-state index in [4.69, 9.17) is 10.00 Å². The van der Waals surface area contributed by atoms with Crippen LogP contribution in [0.25, 0.3) is 0 Å². The fraction of sp³-hybridized carbons (Fsp3) is 0.300. The zero-order valence-corrected chi connectivity index (χ0v) is 6.96. The maximum Gasteiger partial charge on any atom is 0.173 e. The van der Waals surface area contributed by atoms with Gasteiger partial charge in [0.25, 0.3) is 0 Å². The van der Waals surface area contributed by atoms with Crippen LogP contribution in [0, 0.1) is 17.1 Å². The van der Waals surface area contributed by atoms with Gasteiger partial charge in [0.05, 0.1) is 11.7 Å². The van der Waals surface area contributed by atoms with E-state index in [-0.39, 0.29) is 17.4 Å². The standard InChI is InChI=1S/C10H8FNO/c11-9-3-1-2-7(6-12)10(9)13-8-4-5-8/h1-3,8H,4-5H2. The highest BCUT2D eigenvalue weighted by molar-refractivity contribution is 5.43. The lowest BCUT2D eigenvalue weighted by Crippen LogP contribution is -2.00. The van der Waals surface area contributed by atoms with Crippen molar-refractivity contribution in [2.24, 2.45) is 0 Å². The number of rotatable bonds is 2. The van der Waals surface area contributed by atoms with E-state index in [0.29, 0.717) is 0 Å². The van der Waals surface area contributed by atoms with Crippen molar-refractivity contribution in [2.45, 2.75) is 18.9 Å².